The monoisotopic (exact) mass is 429 g/mol. The van der Waals surface area contributed by atoms with E-state index in [0.29, 0.717) is 29.6 Å². The van der Waals surface area contributed by atoms with Crippen LogP contribution in [0.2, 0.25) is 0 Å². The Morgan fingerprint density at radius 2 is 1.44 bits per heavy atom. The molecule has 0 amide bonds. The van der Waals surface area contributed by atoms with Gasteiger partial charge in [-0.3, -0.25) is 19.6 Å². The molecule has 8 heteroatoms. The van der Waals surface area contributed by atoms with E-state index in [2.05, 4.69) is 16.0 Å². The van der Waals surface area contributed by atoms with Crippen LogP contribution in [-0.4, -0.2) is 42.8 Å². The number of carbonyl (C=O) groups is 2. The van der Waals surface area contributed by atoms with Crippen molar-refractivity contribution >= 4 is 33.8 Å². The lowest BCUT2D eigenvalue weighted by molar-refractivity contribution is -0.137. The minimum Gasteiger partial charge on any atom is -0.481 e. The van der Waals surface area contributed by atoms with Crippen LogP contribution in [0.5, 0.6) is 0 Å². The molecule has 2 aliphatic heterocycles. The van der Waals surface area contributed by atoms with Crippen molar-refractivity contribution in [3.63, 3.8) is 0 Å². The van der Waals surface area contributed by atoms with Crippen LogP contribution < -0.4 is 5.73 Å². The Balaban J connectivity index is 1.78. The molecule has 0 aliphatic carbocycles. The van der Waals surface area contributed by atoms with Gasteiger partial charge in [-0.15, -0.1) is 0 Å². The zero-order chi connectivity index (χ0) is 22.2. The largest absolute Gasteiger partial charge is 0.481 e. The van der Waals surface area contributed by atoms with Gasteiger partial charge >= 0.3 is 5.97 Å². The quantitative estimate of drug-likeness (QED) is 0.471. The number of aromatic amines is 2. The van der Waals surface area contributed by atoms with Gasteiger partial charge in [0.15, 0.2) is 5.78 Å². The topological polar surface area (TPSA) is 138 Å². The highest BCUT2D eigenvalue weighted by molar-refractivity contribution is 6.07. The van der Waals surface area contributed by atoms with Gasteiger partial charge in [0.2, 0.25) is 0 Å². The van der Waals surface area contributed by atoms with Crippen LogP contribution in [0.1, 0.15) is 39.6 Å². The summed E-state index contributed by atoms with van der Waals surface area (Å²) in [6.45, 7) is 0. The molecule has 3 aromatic heterocycles. The van der Waals surface area contributed by atoms with Crippen LogP contribution >= 0.6 is 0 Å². The predicted octanol–water partition coefficient (Wildman–Crippen LogP) is 2.87. The SMILES string of the molecule is N[C@@H](CC(=O)O)C(=O)c1c2nc(cc3ccc(cc4nc(cc5ccc1[nH]5)CC4)[nH]3)CC2. The van der Waals surface area contributed by atoms with Gasteiger partial charge in [-0.2, -0.15) is 0 Å². The normalized spacial score (nSPS) is 14.3. The molecule has 32 heavy (non-hydrogen) atoms. The number of nitrogens with zero attached hydrogens (tertiary/aromatic N) is 2. The number of Topliss-reactive ketones (excluding diaryl/α,β-unsaturated/α-hetero) is 1. The lowest BCUT2D eigenvalue weighted by Gasteiger charge is -2.09. The Morgan fingerprint density at radius 1 is 0.875 bits per heavy atom. The van der Waals surface area contributed by atoms with Crippen molar-refractivity contribution in [2.45, 2.75) is 38.1 Å². The zero-order valence-corrected chi connectivity index (χ0v) is 17.4. The average Bonchev–Trinajstić information content (AvgIpc) is 3.52. The molecule has 8 bridgehead atoms. The molecule has 0 radical (unpaired) electrons. The van der Waals surface area contributed by atoms with Gasteiger partial charge in [0, 0.05) is 33.6 Å². The minimum absolute atomic E-state index is 0.356. The van der Waals surface area contributed by atoms with E-state index in [9.17, 15) is 9.59 Å². The average molecular weight is 429 g/mol. The number of fused-ring (bicyclic) bond motifs is 8. The molecule has 5 N–H and O–H groups in total. The third kappa shape index (κ3) is 4.04. The molecular weight excluding hydrogens is 406 g/mol. The summed E-state index contributed by atoms with van der Waals surface area (Å²) in [6, 6.07) is 12.6. The number of carboxylic acid groups (broad SMARTS) is 1. The summed E-state index contributed by atoms with van der Waals surface area (Å²) in [5, 5.41) is 9.11. The Bertz CT molecular complexity index is 1390. The number of nitrogens with one attached hydrogen (secondary N) is 2. The van der Waals surface area contributed by atoms with E-state index >= 15 is 0 Å². The van der Waals surface area contributed by atoms with Gasteiger partial charge in [0.05, 0.1) is 29.2 Å². The first-order valence-electron chi connectivity index (χ1n) is 10.6. The van der Waals surface area contributed by atoms with Gasteiger partial charge in [0.1, 0.15) is 0 Å². The number of aryl methyl sites for hydroxylation is 4. The fraction of sp³-hybridized carbons (Fsp3) is 0.250. The van der Waals surface area contributed by atoms with Crippen molar-refractivity contribution in [3.05, 3.63) is 70.8 Å². The van der Waals surface area contributed by atoms with Crippen molar-refractivity contribution < 1.29 is 14.7 Å². The molecule has 162 valence electrons. The molecule has 0 saturated carbocycles. The summed E-state index contributed by atoms with van der Waals surface area (Å²) >= 11 is 0. The second-order valence-electron chi connectivity index (χ2n) is 8.22. The van der Waals surface area contributed by atoms with Crippen LogP contribution in [-0.2, 0) is 30.5 Å². The van der Waals surface area contributed by atoms with Gasteiger partial charge < -0.3 is 20.8 Å². The van der Waals surface area contributed by atoms with E-state index < -0.39 is 24.2 Å². The highest BCUT2D eigenvalue weighted by Gasteiger charge is 2.25. The highest BCUT2D eigenvalue weighted by Crippen LogP contribution is 2.22. The number of aromatic nitrogens is 4. The minimum atomic E-state index is -1.14. The van der Waals surface area contributed by atoms with Crippen LogP contribution in [0.15, 0.2) is 42.5 Å². The molecule has 0 unspecified atom stereocenters. The fourth-order valence-electron chi connectivity index (χ4n) is 4.25. The summed E-state index contributed by atoms with van der Waals surface area (Å²) in [5.41, 5.74) is 13.1. The fourth-order valence-corrected chi connectivity index (χ4v) is 4.25. The smallest absolute Gasteiger partial charge is 0.305 e. The maximum atomic E-state index is 13.2. The molecule has 2 aliphatic rings. The highest BCUT2D eigenvalue weighted by atomic mass is 16.4. The Kier molecular flexibility index (Phi) is 5.07. The van der Waals surface area contributed by atoms with E-state index in [1.54, 1.807) is 0 Å². The first-order chi connectivity index (χ1) is 15.4. The zero-order valence-electron chi connectivity index (χ0n) is 17.4. The van der Waals surface area contributed by atoms with Gasteiger partial charge in [-0.05, 0) is 68.1 Å². The number of hydrogen-bond donors (Lipinski definition) is 4. The summed E-state index contributed by atoms with van der Waals surface area (Å²) < 4.78 is 0. The van der Waals surface area contributed by atoms with Gasteiger partial charge in [-0.25, -0.2) is 0 Å². The molecule has 0 saturated heterocycles. The van der Waals surface area contributed by atoms with E-state index in [4.69, 9.17) is 20.8 Å². The summed E-state index contributed by atoms with van der Waals surface area (Å²) in [7, 11) is 0. The number of aliphatic carboxylic acids is 1. The molecule has 5 rings (SSSR count). The maximum Gasteiger partial charge on any atom is 0.305 e. The lowest BCUT2D eigenvalue weighted by Crippen LogP contribution is -2.33. The first kappa shape index (κ1) is 20.1. The van der Waals surface area contributed by atoms with Gasteiger partial charge in [0.25, 0.3) is 0 Å². The molecule has 1 atom stereocenters. The number of H-pyrrole nitrogens is 2. The first-order valence-corrected chi connectivity index (χ1v) is 10.6. The summed E-state index contributed by atoms with van der Waals surface area (Å²) in [6.07, 6.45) is 2.53. The molecular formula is C24H23N5O3. The van der Waals surface area contributed by atoms with Crippen LogP contribution in [0.3, 0.4) is 0 Å². The molecule has 8 nitrogen and oxygen atoms in total. The van der Waals surface area contributed by atoms with Crippen molar-refractivity contribution in [1.29, 1.82) is 0 Å². The van der Waals surface area contributed by atoms with E-state index in [0.717, 1.165) is 46.5 Å². The Hall–Kier alpha value is -3.78. The molecule has 0 fully saturated rings. The van der Waals surface area contributed by atoms with Crippen LogP contribution in [0.25, 0.3) is 22.1 Å². The number of nitrogens with two attached hydrogens (primary N) is 1. The second-order valence-corrected chi connectivity index (χ2v) is 8.22. The maximum absolute atomic E-state index is 13.2. The van der Waals surface area contributed by atoms with E-state index in [-0.39, 0.29) is 0 Å². The molecule has 5 heterocycles. The Labute approximate surface area is 183 Å². The summed E-state index contributed by atoms with van der Waals surface area (Å²) in [5.74, 6) is -1.53. The predicted molar refractivity (Wildman–Crippen MR) is 120 cm³/mol. The van der Waals surface area contributed by atoms with Crippen molar-refractivity contribution in [3.8, 4) is 0 Å². The molecule has 0 aromatic carbocycles. The van der Waals surface area contributed by atoms with E-state index in [1.807, 2.05) is 36.4 Å². The number of hydrogen-bond acceptors (Lipinski definition) is 5. The number of carbonyl (C=O) groups excluding carboxylic acids is 1. The standard InChI is InChI=1S/C24H23N5O3/c25-19(12-22(30)31)24(32)23-20-7-5-17(28-20)10-15-3-1-13(26-15)9-14-2-4-16(27-14)11-18-6-8-21(23)29-18/h1,3,6,8-11,19,26,29H,2,4-5,7,12,25H2,(H,30,31)/t19-/m0/s1. The van der Waals surface area contributed by atoms with Crippen molar-refractivity contribution in [1.82, 2.24) is 19.9 Å². The second kappa shape index (κ2) is 8.05. The molecule has 3 aromatic rings. The van der Waals surface area contributed by atoms with Crippen molar-refractivity contribution in [2.75, 3.05) is 0 Å². The van der Waals surface area contributed by atoms with E-state index in [1.165, 1.54) is 0 Å². The van der Waals surface area contributed by atoms with Crippen LogP contribution in [0, 0.1) is 0 Å². The number of rotatable bonds is 4. The summed E-state index contributed by atoms with van der Waals surface area (Å²) in [4.78, 5) is 40.4. The third-order valence-corrected chi connectivity index (χ3v) is 5.76. The lowest BCUT2D eigenvalue weighted by atomic mass is 9.99. The van der Waals surface area contributed by atoms with Crippen molar-refractivity contribution in [2.24, 2.45) is 5.73 Å². The third-order valence-electron chi connectivity index (χ3n) is 5.76. The van der Waals surface area contributed by atoms with Crippen LogP contribution in [0.4, 0.5) is 0 Å². The number of carboxylic acids is 1. The number of ketones is 1. The molecule has 0 spiro atoms. The Morgan fingerprint density at radius 3 is 2.09 bits per heavy atom. The van der Waals surface area contributed by atoms with Gasteiger partial charge in [-0.1, -0.05) is 0 Å².